The zero-order chi connectivity index (χ0) is 23.7. The van der Waals surface area contributed by atoms with Gasteiger partial charge in [-0.1, -0.05) is 30.3 Å². The average Bonchev–Trinajstić information content (AvgIpc) is 3.46. The monoisotopic (exact) mass is 488 g/mol. The molecule has 34 heavy (non-hydrogen) atoms. The summed E-state index contributed by atoms with van der Waals surface area (Å²) in [4.78, 5) is 36.2. The number of nitrogens with zero attached hydrogens (tertiary/aromatic N) is 3. The number of aryl methyl sites for hydroxylation is 1. The number of nitrogens with one attached hydrogen (secondary N) is 1. The molecule has 0 aliphatic rings. The van der Waals surface area contributed by atoms with Gasteiger partial charge in [0.05, 0.1) is 35.9 Å². The zero-order valence-corrected chi connectivity index (χ0v) is 20.1. The van der Waals surface area contributed by atoms with Crippen molar-refractivity contribution in [3.8, 4) is 17.0 Å². The van der Waals surface area contributed by atoms with E-state index < -0.39 is 0 Å². The fourth-order valence-corrected chi connectivity index (χ4v) is 5.40. The van der Waals surface area contributed by atoms with Crippen molar-refractivity contribution in [1.82, 2.24) is 14.5 Å². The number of carbonyl (C=O) groups is 1. The number of benzene rings is 2. The Hall–Kier alpha value is -3.82. The fraction of sp³-hybridized carbons (Fsp3) is 0.120. The number of methoxy groups -OCH3 is 1. The van der Waals surface area contributed by atoms with Crippen molar-refractivity contribution in [2.24, 2.45) is 0 Å². The second-order valence-corrected chi connectivity index (χ2v) is 9.48. The Kier molecular flexibility index (Phi) is 5.95. The van der Waals surface area contributed by atoms with Crippen molar-refractivity contribution < 1.29 is 9.53 Å². The number of fused-ring (bicyclic) bond motifs is 1. The maximum absolute atomic E-state index is 13.1. The maximum atomic E-state index is 13.1. The third-order valence-corrected chi connectivity index (χ3v) is 7.39. The normalized spacial score (nSPS) is 11.0. The van der Waals surface area contributed by atoms with Gasteiger partial charge in [-0.3, -0.25) is 19.5 Å². The predicted molar refractivity (Wildman–Crippen MR) is 136 cm³/mol. The summed E-state index contributed by atoms with van der Waals surface area (Å²) < 4.78 is 6.76. The Labute approximate surface area is 203 Å². The van der Waals surface area contributed by atoms with Gasteiger partial charge in [0.15, 0.2) is 5.13 Å². The largest absolute Gasteiger partial charge is 0.497 e. The van der Waals surface area contributed by atoms with Gasteiger partial charge in [0, 0.05) is 10.9 Å². The number of thiophene rings is 1. The Morgan fingerprint density at radius 3 is 2.62 bits per heavy atom. The number of ether oxygens (including phenoxy) is 1. The first kappa shape index (κ1) is 22.0. The van der Waals surface area contributed by atoms with Crippen LogP contribution < -0.4 is 15.6 Å². The van der Waals surface area contributed by atoms with Gasteiger partial charge in [0.25, 0.3) is 11.5 Å². The Morgan fingerprint density at radius 1 is 1.12 bits per heavy atom. The van der Waals surface area contributed by atoms with Crippen molar-refractivity contribution in [3.05, 3.63) is 92.7 Å². The van der Waals surface area contributed by atoms with Crippen molar-refractivity contribution in [2.45, 2.75) is 13.5 Å². The lowest BCUT2D eigenvalue weighted by Gasteiger charge is -2.05. The molecule has 5 aromatic rings. The van der Waals surface area contributed by atoms with Crippen LogP contribution in [-0.4, -0.2) is 27.6 Å². The molecule has 2 aromatic carbocycles. The summed E-state index contributed by atoms with van der Waals surface area (Å²) in [7, 11) is 1.62. The van der Waals surface area contributed by atoms with E-state index in [-0.39, 0.29) is 11.5 Å². The van der Waals surface area contributed by atoms with E-state index in [0.29, 0.717) is 32.3 Å². The minimum atomic E-state index is -0.301. The van der Waals surface area contributed by atoms with Gasteiger partial charge in [-0.25, -0.2) is 9.97 Å². The van der Waals surface area contributed by atoms with Gasteiger partial charge in [0.1, 0.15) is 10.6 Å². The van der Waals surface area contributed by atoms with Gasteiger partial charge >= 0.3 is 0 Å². The number of carbonyl (C=O) groups excluding carboxylic acids is 1. The van der Waals surface area contributed by atoms with Crippen molar-refractivity contribution in [3.63, 3.8) is 0 Å². The summed E-state index contributed by atoms with van der Waals surface area (Å²) in [6.07, 6.45) is 1.54. The lowest BCUT2D eigenvalue weighted by atomic mass is 10.2. The molecular formula is C25H20N4O3S2. The van der Waals surface area contributed by atoms with Crippen LogP contribution in [0.5, 0.6) is 5.75 Å². The summed E-state index contributed by atoms with van der Waals surface area (Å²) in [5, 5.41) is 5.72. The molecular weight excluding hydrogens is 468 g/mol. The summed E-state index contributed by atoms with van der Waals surface area (Å²) >= 11 is 2.56. The molecule has 0 atom stereocenters. The maximum Gasteiger partial charge on any atom is 0.267 e. The van der Waals surface area contributed by atoms with E-state index in [2.05, 4.69) is 15.3 Å². The van der Waals surface area contributed by atoms with Crippen molar-refractivity contribution in [1.29, 1.82) is 0 Å². The SMILES string of the molecule is COc1ccc(-c2csc(NC(=O)c3sc4ncn(Cc5ccccc5)c(=O)c4c3C)n2)cc1. The zero-order valence-electron chi connectivity index (χ0n) is 18.4. The van der Waals surface area contributed by atoms with E-state index in [4.69, 9.17) is 4.74 Å². The molecule has 1 N–H and O–H groups in total. The molecule has 7 nitrogen and oxygen atoms in total. The van der Waals surface area contributed by atoms with E-state index in [0.717, 1.165) is 22.6 Å². The minimum absolute atomic E-state index is 0.155. The topological polar surface area (TPSA) is 86.1 Å². The molecule has 9 heteroatoms. The number of anilines is 1. The van der Waals surface area contributed by atoms with Crippen molar-refractivity contribution in [2.75, 3.05) is 12.4 Å². The molecule has 3 heterocycles. The number of hydrogen-bond acceptors (Lipinski definition) is 7. The second kappa shape index (κ2) is 9.20. The van der Waals surface area contributed by atoms with Gasteiger partial charge in [0.2, 0.25) is 0 Å². The average molecular weight is 489 g/mol. The first-order valence-corrected chi connectivity index (χ1v) is 12.2. The van der Waals surface area contributed by atoms with E-state index in [1.807, 2.05) is 60.0 Å². The van der Waals surface area contributed by atoms with E-state index in [1.54, 1.807) is 18.6 Å². The Bertz CT molecular complexity index is 1540. The molecule has 5 rings (SSSR count). The summed E-state index contributed by atoms with van der Waals surface area (Å²) in [6, 6.07) is 17.3. The Balaban J connectivity index is 1.39. The molecule has 3 aromatic heterocycles. The molecule has 0 fully saturated rings. The van der Waals surface area contributed by atoms with Crippen LogP contribution in [0.2, 0.25) is 0 Å². The third-order valence-electron chi connectivity index (χ3n) is 5.43. The lowest BCUT2D eigenvalue weighted by Crippen LogP contribution is -2.21. The van der Waals surface area contributed by atoms with E-state index in [1.165, 1.54) is 29.0 Å². The molecule has 0 spiro atoms. The van der Waals surface area contributed by atoms with Crippen LogP contribution in [-0.2, 0) is 6.54 Å². The predicted octanol–water partition coefficient (Wildman–Crippen LogP) is 5.20. The number of aromatic nitrogens is 3. The molecule has 0 unspecified atom stereocenters. The quantitative estimate of drug-likeness (QED) is 0.355. The van der Waals surface area contributed by atoms with E-state index in [9.17, 15) is 9.59 Å². The van der Waals surface area contributed by atoms with Crippen LogP contribution >= 0.6 is 22.7 Å². The Morgan fingerprint density at radius 2 is 1.88 bits per heavy atom. The van der Waals surface area contributed by atoms with Crippen LogP contribution in [0.15, 0.2) is 71.1 Å². The molecule has 0 radical (unpaired) electrons. The van der Waals surface area contributed by atoms with Gasteiger partial charge in [-0.2, -0.15) is 0 Å². The van der Waals surface area contributed by atoms with Crippen LogP contribution in [0.1, 0.15) is 20.8 Å². The highest BCUT2D eigenvalue weighted by molar-refractivity contribution is 7.21. The van der Waals surface area contributed by atoms with Crippen LogP contribution in [0.25, 0.3) is 21.5 Å². The molecule has 0 saturated heterocycles. The summed E-state index contributed by atoms with van der Waals surface area (Å²) in [5.41, 5.74) is 3.18. The van der Waals surface area contributed by atoms with E-state index >= 15 is 0 Å². The number of rotatable bonds is 6. The first-order valence-electron chi connectivity index (χ1n) is 10.5. The van der Waals surface area contributed by atoms with Gasteiger partial charge < -0.3 is 4.74 Å². The minimum Gasteiger partial charge on any atom is -0.497 e. The second-order valence-electron chi connectivity index (χ2n) is 7.62. The third kappa shape index (κ3) is 4.23. The molecule has 0 aliphatic heterocycles. The molecule has 0 bridgehead atoms. The van der Waals surface area contributed by atoms with Crippen molar-refractivity contribution >= 4 is 43.9 Å². The number of amides is 1. The first-order chi connectivity index (χ1) is 16.5. The number of hydrogen-bond donors (Lipinski definition) is 1. The van der Waals surface area contributed by atoms with Gasteiger partial charge in [-0.05, 0) is 42.3 Å². The van der Waals surface area contributed by atoms with Gasteiger partial charge in [-0.15, -0.1) is 22.7 Å². The smallest absolute Gasteiger partial charge is 0.267 e. The van der Waals surface area contributed by atoms with Crippen LogP contribution in [0.4, 0.5) is 5.13 Å². The highest BCUT2D eigenvalue weighted by atomic mass is 32.1. The fourth-order valence-electron chi connectivity index (χ4n) is 3.65. The molecule has 1 amide bonds. The van der Waals surface area contributed by atoms with Crippen LogP contribution in [0.3, 0.4) is 0 Å². The molecule has 0 aliphatic carbocycles. The standard InChI is InChI=1S/C25H20N4O3S2/c1-15-20-23(26-14-29(24(20)31)12-16-6-4-3-5-7-16)34-21(15)22(30)28-25-27-19(13-33-25)17-8-10-18(32-2)11-9-17/h3-11,13-14H,12H2,1-2H3,(H,27,28,30). The summed E-state index contributed by atoms with van der Waals surface area (Å²) in [6.45, 7) is 2.21. The highest BCUT2D eigenvalue weighted by Gasteiger charge is 2.20. The highest BCUT2D eigenvalue weighted by Crippen LogP contribution is 2.30. The number of thiazole rings is 1. The molecule has 0 saturated carbocycles. The lowest BCUT2D eigenvalue weighted by molar-refractivity contribution is 0.103. The van der Waals surface area contributed by atoms with Crippen LogP contribution in [0, 0.1) is 6.92 Å². The summed E-state index contributed by atoms with van der Waals surface area (Å²) in [5.74, 6) is 0.467. The molecule has 170 valence electrons.